The van der Waals surface area contributed by atoms with Gasteiger partial charge < -0.3 is 11.1 Å². The number of primary amides is 1. The summed E-state index contributed by atoms with van der Waals surface area (Å²) in [5.41, 5.74) is 6.28. The molecule has 0 aromatic rings. The van der Waals surface area contributed by atoms with Gasteiger partial charge in [-0.15, -0.1) is 0 Å². The second-order valence-electron chi connectivity index (χ2n) is 12.0. The summed E-state index contributed by atoms with van der Waals surface area (Å²) in [6, 6.07) is 0. The van der Waals surface area contributed by atoms with Crippen LogP contribution >= 0.6 is 0 Å². The summed E-state index contributed by atoms with van der Waals surface area (Å²) in [5.74, 6) is 0.381. The van der Waals surface area contributed by atoms with Gasteiger partial charge in [-0.1, -0.05) is 19.4 Å². The van der Waals surface area contributed by atoms with E-state index < -0.39 is 5.41 Å². The Kier molecular flexibility index (Phi) is 4.80. The molecule has 0 aromatic carbocycles. The first-order valence-corrected chi connectivity index (χ1v) is 11.7. The number of hydrogen-bond donors (Lipinski definition) is 2. The van der Waals surface area contributed by atoms with Crippen LogP contribution in [0.3, 0.4) is 0 Å². The normalized spacial score (nSPS) is 43.2. The number of nitrogens with one attached hydrogen (secondary N) is 1. The van der Waals surface area contributed by atoms with Gasteiger partial charge in [-0.25, -0.2) is 0 Å². The lowest BCUT2D eigenvalue weighted by Crippen LogP contribution is -2.63. The second-order valence-corrected chi connectivity index (χ2v) is 12.0. The van der Waals surface area contributed by atoms with Crippen molar-refractivity contribution in [2.24, 2.45) is 39.7 Å². The SMILES string of the molecule is CC(C)(C)NC(=O)C1CC[C@H]2[C@]3(C(N)=O)CCC4=CC(=O)CC[C@]4(C)[C@@H]3CC[C@]12C. The zero-order chi connectivity index (χ0) is 22.1. The van der Waals surface area contributed by atoms with E-state index in [9.17, 15) is 14.4 Å². The summed E-state index contributed by atoms with van der Waals surface area (Å²) in [6.45, 7) is 10.5. The van der Waals surface area contributed by atoms with Crippen molar-refractivity contribution in [3.8, 4) is 0 Å². The number of hydrogen-bond acceptors (Lipinski definition) is 3. The fourth-order valence-electron chi connectivity index (χ4n) is 8.05. The van der Waals surface area contributed by atoms with Crippen LogP contribution in [0.1, 0.15) is 86.0 Å². The molecule has 0 radical (unpaired) electrons. The molecule has 6 atom stereocenters. The molecule has 3 fully saturated rings. The minimum Gasteiger partial charge on any atom is -0.369 e. The van der Waals surface area contributed by atoms with Crippen LogP contribution in [0, 0.1) is 34.0 Å². The molecule has 4 aliphatic carbocycles. The Morgan fingerprint density at radius 3 is 2.37 bits per heavy atom. The van der Waals surface area contributed by atoms with E-state index in [0.717, 1.165) is 44.9 Å². The van der Waals surface area contributed by atoms with Crippen LogP contribution < -0.4 is 11.1 Å². The van der Waals surface area contributed by atoms with Gasteiger partial charge in [0.15, 0.2) is 5.78 Å². The van der Waals surface area contributed by atoms with Gasteiger partial charge in [0.1, 0.15) is 0 Å². The van der Waals surface area contributed by atoms with Crippen molar-refractivity contribution < 1.29 is 14.4 Å². The van der Waals surface area contributed by atoms with E-state index in [1.165, 1.54) is 5.57 Å². The first kappa shape index (κ1) is 21.6. The number of allylic oxidation sites excluding steroid dienone is 1. The first-order valence-electron chi connectivity index (χ1n) is 11.7. The molecular formula is C25H38N2O3. The van der Waals surface area contributed by atoms with Crippen molar-refractivity contribution in [3.63, 3.8) is 0 Å². The highest BCUT2D eigenvalue weighted by atomic mass is 16.2. The summed E-state index contributed by atoms with van der Waals surface area (Å²) in [6.07, 6.45) is 8.26. The molecule has 5 nitrogen and oxygen atoms in total. The highest BCUT2D eigenvalue weighted by molar-refractivity contribution is 5.92. The average molecular weight is 415 g/mol. The van der Waals surface area contributed by atoms with Gasteiger partial charge in [0.2, 0.25) is 11.8 Å². The van der Waals surface area contributed by atoms with Crippen molar-refractivity contribution in [1.82, 2.24) is 5.32 Å². The number of nitrogens with two attached hydrogens (primary N) is 1. The van der Waals surface area contributed by atoms with Gasteiger partial charge in [0, 0.05) is 17.9 Å². The molecule has 0 heterocycles. The minimum atomic E-state index is -0.573. The Morgan fingerprint density at radius 2 is 1.73 bits per heavy atom. The van der Waals surface area contributed by atoms with Crippen molar-refractivity contribution in [1.29, 1.82) is 0 Å². The Bertz CT molecular complexity index is 825. The summed E-state index contributed by atoms with van der Waals surface area (Å²) in [5, 5.41) is 3.19. The summed E-state index contributed by atoms with van der Waals surface area (Å²) in [4.78, 5) is 38.5. The lowest BCUT2D eigenvalue weighted by Gasteiger charge is -2.63. The first-order chi connectivity index (χ1) is 13.8. The van der Waals surface area contributed by atoms with Crippen LogP contribution in [0.25, 0.3) is 0 Å². The molecule has 0 saturated heterocycles. The summed E-state index contributed by atoms with van der Waals surface area (Å²) in [7, 11) is 0. The van der Waals surface area contributed by atoms with Crippen LogP contribution in [-0.2, 0) is 14.4 Å². The van der Waals surface area contributed by atoms with E-state index in [1.54, 1.807) is 0 Å². The number of rotatable bonds is 2. The van der Waals surface area contributed by atoms with Crippen LogP contribution in [-0.4, -0.2) is 23.1 Å². The molecule has 0 bridgehead atoms. The van der Waals surface area contributed by atoms with E-state index in [-0.39, 0.29) is 51.7 Å². The summed E-state index contributed by atoms with van der Waals surface area (Å²) < 4.78 is 0. The van der Waals surface area contributed by atoms with Crippen molar-refractivity contribution in [2.45, 2.75) is 91.5 Å². The largest absolute Gasteiger partial charge is 0.369 e. The molecular weight excluding hydrogens is 376 g/mol. The fraction of sp³-hybridized carbons (Fsp3) is 0.800. The number of amides is 2. The smallest absolute Gasteiger partial charge is 0.224 e. The lowest BCUT2D eigenvalue weighted by atomic mass is 9.40. The number of carbonyl (C=O) groups excluding carboxylic acids is 3. The number of ketones is 1. The molecule has 3 N–H and O–H groups in total. The Labute approximate surface area is 180 Å². The molecule has 2 amide bonds. The van der Waals surface area contributed by atoms with Gasteiger partial charge in [-0.2, -0.15) is 0 Å². The van der Waals surface area contributed by atoms with E-state index in [2.05, 4.69) is 19.2 Å². The predicted octanol–water partition coefficient (Wildman–Crippen LogP) is 3.90. The number of fused-ring (bicyclic) bond motifs is 5. The third-order valence-electron chi connectivity index (χ3n) is 9.36. The van der Waals surface area contributed by atoms with Gasteiger partial charge in [-0.05, 0) is 94.5 Å². The zero-order valence-corrected chi connectivity index (χ0v) is 19.3. The van der Waals surface area contributed by atoms with Gasteiger partial charge in [0.05, 0.1) is 5.41 Å². The van der Waals surface area contributed by atoms with Crippen LogP contribution in [0.4, 0.5) is 0 Å². The second kappa shape index (κ2) is 6.67. The van der Waals surface area contributed by atoms with E-state index in [1.807, 2.05) is 26.8 Å². The zero-order valence-electron chi connectivity index (χ0n) is 19.3. The fourth-order valence-corrected chi connectivity index (χ4v) is 8.05. The average Bonchev–Trinajstić information content (AvgIpc) is 2.98. The Morgan fingerprint density at radius 1 is 1.03 bits per heavy atom. The molecule has 4 rings (SSSR count). The standard InChI is InChI=1S/C25H38N2O3/c1-22(2,3)27-20(29)17-6-7-18-24(17,5)12-10-19-23(4)11-9-16(28)14-15(23)8-13-25(18,19)21(26)30/h14,17-19H,6-13H2,1-5H3,(H2,26,30)(H,27,29)/t17?,18-,19+,23+,24-,25-/m1/s1. The maximum atomic E-state index is 13.2. The monoisotopic (exact) mass is 414 g/mol. The van der Waals surface area contributed by atoms with Crippen molar-refractivity contribution in [3.05, 3.63) is 11.6 Å². The van der Waals surface area contributed by atoms with Gasteiger partial charge >= 0.3 is 0 Å². The molecule has 1 unspecified atom stereocenters. The highest BCUT2D eigenvalue weighted by Gasteiger charge is 2.69. The molecule has 0 spiro atoms. The van der Waals surface area contributed by atoms with E-state index in [0.29, 0.717) is 6.42 Å². The van der Waals surface area contributed by atoms with Crippen LogP contribution in [0.2, 0.25) is 0 Å². The van der Waals surface area contributed by atoms with Crippen molar-refractivity contribution >= 4 is 17.6 Å². The molecule has 0 aromatic heterocycles. The molecule has 30 heavy (non-hydrogen) atoms. The maximum Gasteiger partial charge on any atom is 0.224 e. The predicted molar refractivity (Wildman–Crippen MR) is 116 cm³/mol. The van der Waals surface area contributed by atoms with Crippen LogP contribution in [0.5, 0.6) is 0 Å². The molecule has 5 heteroatoms. The van der Waals surface area contributed by atoms with Crippen molar-refractivity contribution in [2.75, 3.05) is 0 Å². The maximum absolute atomic E-state index is 13.2. The van der Waals surface area contributed by atoms with E-state index in [4.69, 9.17) is 5.73 Å². The lowest BCUT2D eigenvalue weighted by molar-refractivity contribution is -0.166. The summed E-state index contributed by atoms with van der Waals surface area (Å²) >= 11 is 0. The topological polar surface area (TPSA) is 89.3 Å². The third kappa shape index (κ3) is 2.90. The molecule has 166 valence electrons. The number of carbonyl (C=O) groups is 3. The molecule has 4 aliphatic rings. The molecule has 0 aliphatic heterocycles. The highest BCUT2D eigenvalue weighted by Crippen LogP contribution is 2.71. The van der Waals surface area contributed by atoms with Gasteiger partial charge in [0.25, 0.3) is 0 Å². The quantitative estimate of drug-likeness (QED) is 0.718. The molecule has 3 saturated carbocycles. The minimum absolute atomic E-state index is 0.0726. The Hall–Kier alpha value is -1.65. The van der Waals surface area contributed by atoms with E-state index >= 15 is 0 Å². The van der Waals surface area contributed by atoms with Crippen LogP contribution in [0.15, 0.2) is 11.6 Å². The van der Waals surface area contributed by atoms with Gasteiger partial charge in [-0.3, -0.25) is 14.4 Å². The Balaban J connectivity index is 1.73. The third-order valence-corrected chi connectivity index (χ3v) is 9.36.